The summed E-state index contributed by atoms with van der Waals surface area (Å²) in [5.74, 6) is 0.172. The van der Waals surface area contributed by atoms with Gasteiger partial charge in [0.05, 0.1) is 7.11 Å². The maximum Gasteiger partial charge on any atom is 0.338 e. The van der Waals surface area contributed by atoms with E-state index < -0.39 is 11.6 Å². The Morgan fingerprint density at radius 2 is 1.92 bits per heavy atom. The van der Waals surface area contributed by atoms with Gasteiger partial charge in [0, 0.05) is 5.92 Å². The van der Waals surface area contributed by atoms with Crippen LogP contribution in [0.5, 0.6) is 0 Å². The normalized spacial score (nSPS) is 34.0. The van der Waals surface area contributed by atoms with Gasteiger partial charge in [0.15, 0.2) is 5.60 Å². The third kappa shape index (κ3) is 2.90. The Labute approximate surface area is 144 Å². The van der Waals surface area contributed by atoms with Crippen molar-refractivity contribution < 1.29 is 14.6 Å². The van der Waals surface area contributed by atoms with Gasteiger partial charge in [-0.25, -0.2) is 4.79 Å². The average Bonchev–Trinajstić information content (AvgIpc) is 2.96. The average molecular weight is 328 g/mol. The van der Waals surface area contributed by atoms with Crippen molar-refractivity contribution >= 4 is 5.97 Å². The zero-order chi connectivity index (χ0) is 17.2. The van der Waals surface area contributed by atoms with E-state index in [2.05, 4.69) is 18.7 Å². The predicted molar refractivity (Wildman–Crippen MR) is 94.5 cm³/mol. The summed E-state index contributed by atoms with van der Waals surface area (Å²) in [5, 5.41) is 11.2. The van der Waals surface area contributed by atoms with Crippen LogP contribution in [0, 0.1) is 17.8 Å². The van der Waals surface area contributed by atoms with E-state index in [1.807, 2.05) is 18.2 Å². The Morgan fingerprint density at radius 3 is 2.50 bits per heavy atom. The monoisotopic (exact) mass is 328 g/mol. The molecule has 0 unspecified atom stereocenters. The Hall–Kier alpha value is -1.61. The minimum Gasteiger partial charge on any atom is -0.467 e. The van der Waals surface area contributed by atoms with Crippen molar-refractivity contribution in [2.75, 3.05) is 7.11 Å². The van der Waals surface area contributed by atoms with E-state index in [-0.39, 0.29) is 17.8 Å². The Bertz CT molecular complexity index is 576. The van der Waals surface area contributed by atoms with E-state index >= 15 is 0 Å². The van der Waals surface area contributed by atoms with Crippen molar-refractivity contribution in [2.24, 2.45) is 17.8 Å². The highest BCUT2D eigenvalue weighted by Crippen LogP contribution is 2.55. The van der Waals surface area contributed by atoms with Crippen molar-refractivity contribution in [3.8, 4) is 0 Å². The smallest absolute Gasteiger partial charge is 0.338 e. The lowest BCUT2D eigenvalue weighted by atomic mass is 9.69. The fourth-order valence-electron chi connectivity index (χ4n) is 5.11. The van der Waals surface area contributed by atoms with Gasteiger partial charge in [-0.3, -0.25) is 0 Å². The number of rotatable bonds is 4. The molecular weight excluding hydrogens is 300 g/mol. The predicted octanol–water partition coefficient (Wildman–Crippen LogP) is 4.08. The quantitative estimate of drug-likeness (QED) is 0.669. The molecule has 0 aliphatic heterocycles. The first kappa shape index (κ1) is 17.2. The topological polar surface area (TPSA) is 46.5 Å². The van der Waals surface area contributed by atoms with Crippen molar-refractivity contribution in [1.82, 2.24) is 0 Å². The Kier molecular flexibility index (Phi) is 5.09. The maximum absolute atomic E-state index is 12.4. The van der Waals surface area contributed by atoms with Gasteiger partial charge in [0.1, 0.15) is 0 Å². The molecule has 4 atom stereocenters. The van der Waals surface area contributed by atoms with Crippen molar-refractivity contribution in [1.29, 1.82) is 0 Å². The number of carbonyl (C=O) groups excluding carboxylic acids is 1. The SMILES string of the molecule is C=C[C@H]1[C@H](C2CCCCC2)[C@@H](c2ccccc2)C[C@]1(O)C(=O)OC. The molecule has 2 aliphatic carbocycles. The van der Waals surface area contributed by atoms with E-state index in [1.165, 1.54) is 44.8 Å². The summed E-state index contributed by atoms with van der Waals surface area (Å²) in [6.45, 7) is 3.96. The number of hydrogen-bond acceptors (Lipinski definition) is 3. The second kappa shape index (κ2) is 7.10. The van der Waals surface area contributed by atoms with Crippen LogP contribution in [-0.4, -0.2) is 23.8 Å². The zero-order valence-electron chi connectivity index (χ0n) is 14.5. The summed E-state index contributed by atoms with van der Waals surface area (Å²) in [6.07, 6.45) is 8.33. The van der Waals surface area contributed by atoms with E-state index in [0.29, 0.717) is 12.3 Å². The summed E-state index contributed by atoms with van der Waals surface area (Å²) in [7, 11) is 1.35. The summed E-state index contributed by atoms with van der Waals surface area (Å²) in [6, 6.07) is 10.3. The number of esters is 1. The van der Waals surface area contributed by atoms with Gasteiger partial charge in [-0.1, -0.05) is 68.5 Å². The lowest BCUT2D eigenvalue weighted by Gasteiger charge is -2.36. The van der Waals surface area contributed by atoms with Crippen molar-refractivity contribution in [3.05, 3.63) is 48.6 Å². The van der Waals surface area contributed by atoms with Gasteiger partial charge in [0.2, 0.25) is 0 Å². The molecule has 3 heteroatoms. The molecule has 0 saturated heterocycles. The first-order valence-electron chi connectivity index (χ1n) is 9.10. The lowest BCUT2D eigenvalue weighted by Crippen LogP contribution is -2.44. The number of aliphatic hydroxyl groups is 1. The summed E-state index contributed by atoms with van der Waals surface area (Å²) in [5.41, 5.74) is -0.251. The largest absolute Gasteiger partial charge is 0.467 e. The van der Waals surface area contributed by atoms with Crippen LogP contribution in [0.4, 0.5) is 0 Å². The Morgan fingerprint density at radius 1 is 1.25 bits per heavy atom. The molecule has 0 aromatic heterocycles. The van der Waals surface area contributed by atoms with Gasteiger partial charge in [-0.15, -0.1) is 6.58 Å². The molecule has 3 nitrogen and oxygen atoms in total. The van der Waals surface area contributed by atoms with Gasteiger partial charge in [-0.2, -0.15) is 0 Å². The van der Waals surface area contributed by atoms with Gasteiger partial charge >= 0.3 is 5.97 Å². The van der Waals surface area contributed by atoms with Crippen LogP contribution >= 0.6 is 0 Å². The number of benzene rings is 1. The lowest BCUT2D eigenvalue weighted by molar-refractivity contribution is -0.165. The second-order valence-corrected chi connectivity index (χ2v) is 7.37. The molecule has 0 amide bonds. The van der Waals surface area contributed by atoms with Crippen LogP contribution in [-0.2, 0) is 9.53 Å². The fraction of sp³-hybridized carbons (Fsp3) is 0.571. The first-order valence-corrected chi connectivity index (χ1v) is 9.10. The molecule has 1 aromatic carbocycles. The third-order valence-electron chi connectivity index (χ3n) is 6.18. The first-order chi connectivity index (χ1) is 11.6. The van der Waals surface area contributed by atoms with Crippen LogP contribution in [0.1, 0.15) is 50.0 Å². The third-order valence-corrected chi connectivity index (χ3v) is 6.18. The summed E-state index contributed by atoms with van der Waals surface area (Å²) >= 11 is 0. The van der Waals surface area contributed by atoms with E-state index in [1.54, 1.807) is 6.08 Å². The molecule has 130 valence electrons. The van der Waals surface area contributed by atoms with Crippen molar-refractivity contribution in [3.63, 3.8) is 0 Å². The molecule has 0 spiro atoms. The molecule has 2 aliphatic rings. The molecule has 24 heavy (non-hydrogen) atoms. The molecule has 1 N–H and O–H groups in total. The van der Waals surface area contributed by atoms with E-state index in [0.717, 1.165) is 0 Å². The molecule has 1 aromatic rings. The van der Waals surface area contributed by atoms with Crippen molar-refractivity contribution in [2.45, 2.75) is 50.0 Å². The minimum absolute atomic E-state index is 0.168. The highest BCUT2D eigenvalue weighted by molar-refractivity contribution is 5.81. The molecule has 0 heterocycles. The van der Waals surface area contributed by atoms with E-state index in [9.17, 15) is 9.90 Å². The molecule has 0 radical (unpaired) electrons. The Balaban J connectivity index is 2.01. The van der Waals surface area contributed by atoms with Crippen LogP contribution in [0.25, 0.3) is 0 Å². The summed E-state index contributed by atoms with van der Waals surface area (Å²) in [4.78, 5) is 12.4. The molecule has 2 saturated carbocycles. The molecule has 3 rings (SSSR count). The van der Waals surface area contributed by atoms with Crippen LogP contribution in [0.2, 0.25) is 0 Å². The van der Waals surface area contributed by atoms with E-state index in [4.69, 9.17) is 4.74 Å². The number of ether oxygens (including phenoxy) is 1. The number of carbonyl (C=O) groups is 1. The standard InChI is InChI=1S/C21H28O3/c1-3-18-19(16-12-8-5-9-13-16)17(15-10-6-4-7-11-15)14-21(18,23)20(22)24-2/h3-4,6-7,10-11,16-19,23H,1,5,8-9,12-14H2,2H3/t17-,18+,19-,21-/m1/s1. The van der Waals surface area contributed by atoms with Crippen LogP contribution in [0.15, 0.2) is 43.0 Å². The molecular formula is C21H28O3. The fourth-order valence-corrected chi connectivity index (χ4v) is 5.11. The highest BCUT2D eigenvalue weighted by atomic mass is 16.5. The zero-order valence-corrected chi connectivity index (χ0v) is 14.5. The van der Waals surface area contributed by atoms with Gasteiger partial charge in [0.25, 0.3) is 0 Å². The summed E-state index contributed by atoms with van der Waals surface area (Å²) < 4.78 is 4.95. The second-order valence-electron chi connectivity index (χ2n) is 7.37. The van der Waals surface area contributed by atoms with Gasteiger partial charge < -0.3 is 9.84 Å². The maximum atomic E-state index is 12.4. The number of methoxy groups -OCH3 is 1. The number of hydrogen-bond donors (Lipinski definition) is 1. The molecule has 0 bridgehead atoms. The van der Waals surface area contributed by atoms with Gasteiger partial charge in [-0.05, 0) is 29.7 Å². The highest BCUT2D eigenvalue weighted by Gasteiger charge is 2.58. The van der Waals surface area contributed by atoms with Crippen LogP contribution < -0.4 is 0 Å². The molecule has 2 fully saturated rings. The minimum atomic E-state index is -1.46. The van der Waals surface area contributed by atoms with Crippen LogP contribution in [0.3, 0.4) is 0 Å².